The fraction of sp³-hybridized carbons (Fsp3) is 0.733. The zero-order valence-electron chi connectivity index (χ0n) is 12.8. The van der Waals surface area contributed by atoms with Gasteiger partial charge in [0.2, 0.25) is 5.91 Å². The Morgan fingerprint density at radius 1 is 1.35 bits per heavy atom. The molecule has 1 aromatic rings. The smallest absolute Gasteiger partial charge is 0.242 e. The molecule has 112 valence electrons. The molecule has 1 saturated heterocycles. The molecule has 0 aliphatic carbocycles. The molecule has 1 amide bonds. The normalized spacial score (nSPS) is 17.6. The van der Waals surface area contributed by atoms with Crippen molar-refractivity contribution < 1.29 is 4.79 Å². The maximum Gasteiger partial charge on any atom is 0.242 e. The van der Waals surface area contributed by atoms with E-state index in [1.165, 1.54) is 25.9 Å². The highest BCUT2D eigenvalue weighted by Crippen LogP contribution is 2.17. The van der Waals surface area contributed by atoms with Crippen molar-refractivity contribution in [3.8, 4) is 0 Å². The molecule has 2 rings (SSSR count). The number of aromatic nitrogens is 2. The van der Waals surface area contributed by atoms with Gasteiger partial charge in [0.25, 0.3) is 0 Å². The average molecular weight is 278 g/mol. The lowest BCUT2D eigenvalue weighted by Crippen LogP contribution is -2.37. The van der Waals surface area contributed by atoms with Crippen LogP contribution in [0.4, 0.5) is 0 Å². The van der Waals surface area contributed by atoms with E-state index < -0.39 is 0 Å². The fourth-order valence-electron chi connectivity index (χ4n) is 2.72. The highest BCUT2D eigenvalue weighted by Gasteiger charge is 2.19. The molecular formula is C15H26N4O. The molecular weight excluding hydrogens is 252 g/mol. The van der Waals surface area contributed by atoms with Crippen molar-refractivity contribution in [1.82, 2.24) is 19.8 Å². The van der Waals surface area contributed by atoms with Crippen LogP contribution in [0.1, 0.15) is 51.4 Å². The maximum absolute atomic E-state index is 12.2. The molecule has 0 saturated carbocycles. The van der Waals surface area contributed by atoms with Crippen LogP contribution in [0.25, 0.3) is 0 Å². The third-order valence-corrected chi connectivity index (χ3v) is 3.94. The first kappa shape index (κ1) is 15.0. The number of nitrogens with zero attached hydrogens (tertiary/aromatic N) is 3. The zero-order chi connectivity index (χ0) is 14.5. The van der Waals surface area contributed by atoms with Gasteiger partial charge in [0.05, 0.1) is 0 Å². The van der Waals surface area contributed by atoms with E-state index >= 15 is 0 Å². The molecule has 1 fully saturated rings. The Bertz CT molecular complexity index is 435. The number of nitrogens with one attached hydrogen (secondary N) is 1. The fourth-order valence-corrected chi connectivity index (χ4v) is 2.72. The summed E-state index contributed by atoms with van der Waals surface area (Å²) in [6.07, 6.45) is 6.23. The first-order valence-corrected chi connectivity index (χ1v) is 7.62. The summed E-state index contributed by atoms with van der Waals surface area (Å²) in [5.41, 5.74) is 0. The Morgan fingerprint density at radius 2 is 2.05 bits per heavy atom. The number of carbonyl (C=O) groups excluding carboxylic acids is 1. The number of carbonyl (C=O) groups is 1. The summed E-state index contributed by atoms with van der Waals surface area (Å²) in [6, 6.07) is -0.200. The van der Waals surface area contributed by atoms with Crippen molar-refractivity contribution in [1.29, 1.82) is 0 Å². The highest BCUT2D eigenvalue weighted by molar-refractivity contribution is 5.79. The average Bonchev–Trinajstić information content (AvgIpc) is 3.08. The first-order chi connectivity index (χ1) is 9.59. The molecule has 5 heteroatoms. The van der Waals surface area contributed by atoms with Crippen molar-refractivity contribution in [2.24, 2.45) is 0 Å². The van der Waals surface area contributed by atoms with Gasteiger partial charge in [-0.1, -0.05) is 13.8 Å². The number of likely N-dealkylation sites (tertiary alicyclic amines) is 1. The summed E-state index contributed by atoms with van der Waals surface area (Å²) in [5.74, 6) is 1.36. The van der Waals surface area contributed by atoms with Crippen molar-refractivity contribution in [2.45, 2.75) is 45.6 Å². The number of amides is 1. The minimum atomic E-state index is -0.200. The Morgan fingerprint density at radius 3 is 2.70 bits per heavy atom. The second-order valence-corrected chi connectivity index (χ2v) is 5.86. The number of rotatable bonds is 6. The van der Waals surface area contributed by atoms with Crippen LogP contribution in [0.3, 0.4) is 0 Å². The summed E-state index contributed by atoms with van der Waals surface area (Å²) in [4.78, 5) is 19.0. The molecule has 0 radical (unpaired) electrons. The monoisotopic (exact) mass is 278 g/mol. The van der Waals surface area contributed by atoms with Crippen molar-refractivity contribution in [3.63, 3.8) is 0 Å². The Balaban J connectivity index is 1.83. The summed E-state index contributed by atoms with van der Waals surface area (Å²) in [6.45, 7) is 10.1. The number of hydrogen-bond acceptors (Lipinski definition) is 3. The van der Waals surface area contributed by atoms with Crippen LogP contribution in [0, 0.1) is 0 Å². The molecule has 1 aliphatic heterocycles. The number of imidazole rings is 1. The molecule has 0 unspecified atom stereocenters. The summed E-state index contributed by atoms with van der Waals surface area (Å²) in [5, 5.41) is 3.03. The molecule has 5 nitrogen and oxygen atoms in total. The standard InChI is InChI=1S/C15H26N4O/c1-12(2)14-16-7-11-19(14)13(3)15(20)17-6-10-18-8-4-5-9-18/h7,11-13H,4-6,8-10H2,1-3H3,(H,17,20)/t13-/m0/s1. The summed E-state index contributed by atoms with van der Waals surface area (Å²) >= 11 is 0. The molecule has 1 N–H and O–H groups in total. The predicted octanol–water partition coefficient (Wildman–Crippen LogP) is 1.78. The molecule has 1 atom stereocenters. The topological polar surface area (TPSA) is 50.2 Å². The zero-order valence-corrected chi connectivity index (χ0v) is 12.8. The van der Waals surface area contributed by atoms with Gasteiger partial charge >= 0.3 is 0 Å². The summed E-state index contributed by atoms with van der Waals surface area (Å²) in [7, 11) is 0. The SMILES string of the molecule is CC(C)c1nccn1[C@@H](C)C(=O)NCCN1CCCC1. The van der Waals surface area contributed by atoms with E-state index in [4.69, 9.17) is 0 Å². The lowest BCUT2D eigenvalue weighted by atomic mass is 10.2. The molecule has 0 spiro atoms. The van der Waals surface area contributed by atoms with E-state index in [-0.39, 0.29) is 11.9 Å². The van der Waals surface area contributed by atoms with Gasteiger partial charge in [-0.05, 0) is 32.9 Å². The molecule has 0 bridgehead atoms. The molecule has 0 aromatic carbocycles. The maximum atomic E-state index is 12.2. The van der Waals surface area contributed by atoms with Crippen LogP contribution in [0.2, 0.25) is 0 Å². The van der Waals surface area contributed by atoms with Crippen molar-refractivity contribution in [3.05, 3.63) is 18.2 Å². The third kappa shape index (κ3) is 3.60. The van der Waals surface area contributed by atoms with Gasteiger partial charge < -0.3 is 14.8 Å². The van der Waals surface area contributed by atoms with Gasteiger partial charge in [-0.2, -0.15) is 0 Å². The molecule has 2 heterocycles. The van der Waals surface area contributed by atoms with Crippen molar-refractivity contribution >= 4 is 5.91 Å². The van der Waals surface area contributed by atoms with Crippen LogP contribution in [0.5, 0.6) is 0 Å². The molecule has 1 aliphatic rings. The van der Waals surface area contributed by atoms with Crippen LogP contribution in [0.15, 0.2) is 12.4 Å². The van der Waals surface area contributed by atoms with E-state index in [1.807, 2.05) is 17.7 Å². The van der Waals surface area contributed by atoms with Gasteiger partial charge in [0, 0.05) is 31.4 Å². The summed E-state index contributed by atoms with van der Waals surface area (Å²) < 4.78 is 1.97. The Kier molecular flexibility index (Phi) is 5.17. The van der Waals surface area contributed by atoms with Crippen molar-refractivity contribution in [2.75, 3.05) is 26.2 Å². The third-order valence-electron chi connectivity index (χ3n) is 3.94. The van der Waals surface area contributed by atoms with Gasteiger partial charge in [0.15, 0.2) is 0 Å². The van der Waals surface area contributed by atoms with Crippen LogP contribution in [-0.4, -0.2) is 46.5 Å². The minimum Gasteiger partial charge on any atom is -0.353 e. The van der Waals surface area contributed by atoms with E-state index in [2.05, 4.69) is 29.0 Å². The van der Waals surface area contributed by atoms with Gasteiger partial charge in [0.1, 0.15) is 11.9 Å². The second-order valence-electron chi connectivity index (χ2n) is 5.86. The highest BCUT2D eigenvalue weighted by atomic mass is 16.2. The number of hydrogen-bond donors (Lipinski definition) is 1. The Labute approximate surface area is 121 Å². The first-order valence-electron chi connectivity index (χ1n) is 7.62. The van der Waals surface area contributed by atoms with Crippen LogP contribution >= 0.6 is 0 Å². The lowest BCUT2D eigenvalue weighted by Gasteiger charge is -2.19. The van der Waals surface area contributed by atoms with Gasteiger partial charge in [-0.3, -0.25) is 4.79 Å². The van der Waals surface area contributed by atoms with E-state index in [9.17, 15) is 4.79 Å². The molecule has 20 heavy (non-hydrogen) atoms. The Hall–Kier alpha value is -1.36. The second kappa shape index (κ2) is 6.88. The van der Waals surface area contributed by atoms with E-state index in [0.717, 1.165) is 18.9 Å². The largest absolute Gasteiger partial charge is 0.353 e. The predicted molar refractivity (Wildman–Crippen MR) is 79.7 cm³/mol. The van der Waals surface area contributed by atoms with Crippen LogP contribution < -0.4 is 5.32 Å². The van der Waals surface area contributed by atoms with E-state index in [0.29, 0.717) is 5.92 Å². The lowest BCUT2D eigenvalue weighted by molar-refractivity contribution is -0.123. The quantitative estimate of drug-likeness (QED) is 0.863. The minimum absolute atomic E-state index is 0.0732. The van der Waals surface area contributed by atoms with E-state index in [1.54, 1.807) is 6.20 Å². The van der Waals surface area contributed by atoms with Gasteiger partial charge in [-0.25, -0.2) is 4.98 Å². The molecule has 1 aromatic heterocycles. The van der Waals surface area contributed by atoms with Crippen LogP contribution in [-0.2, 0) is 4.79 Å². The van der Waals surface area contributed by atoms with Gasteiger partial charge in [-0.15, -0.1) is 0 Å².